The van der Waals surface area contributed by atoms with Crippen molar-refractivity contribution in [1.82, 2.24) is 4.90 Å². The Bertz CT molecular complexity index is 969. The molecule has 1 aliphatic heterocycles. The zero-order valence-electron chi connectivity index (χ0n) is 16.4. The number of hydrogen-bond acceptors (Lipinski definition) is 5. The van der Waals surface area contributed by atoms with Crippen LogP contribution in [0.3, 0.4) is 0 Å². The SMILES string of the molecule is C=CCOc1ccc(C(=O)N(Cc2cccc(OC)c2)[C@@H]2CCS(=O)(=O)C2)cc1. The summed E-state index contributed by atoms with van der Waals surface area (Å²) in [6.45, 7) is 4.30. The largest absolute Gasteiger partial charge is 0.497 e. The third-order valence-corrected chi connectivity index (χ3v) is 6.62. The van der Waals surface area contributed by atoms with Crippen molar-refractivity contribution < 1.29 is 22.7 Å². The van der Waals surface area contributed by atoms with Crippen molar-refractivity contribution in [3.05, 3.63) is 72.3 Å². The van der Waals surface area contributed by atoms with Crippen molar-refractivity contribution >= 4 is 15.7 Å². The Kier molecular flexibility index (Phi) is 6.59. The van der Waals surface area contributed by atoms with E-state index >= 15 is 0 Å². The first-order valence-electron chi connectivity index (χ1n) is 9.40. The summed E-state index contributed by atoms with van der Waals surface area (Å²) in [6.07, 6.45) is 2.09. The first-order chi connectivity index (χ1) is 13.9. The Labute approximate surface area is 171 Å². The van der Waals surface area contributed by atoms with E-state index in [2.05, 4.69) is 6.58 Å². The van der Waals surface area contributed by atoms with Crippen LogP contribution in [0, 0.1) is 0 Å². The lowest BCUT2D eigenvalue weighted by Crippen LogP contribution is -2.40. The minimum Gasteiger partial charge on any atom is -0.497 e. The van der Waals surface area contributed by atoms with Gasteiger partial charge < -0.3 is 14.4 Å². The number of ether oxygens (including phenoxy) is 2. The minimum atomic E-state index is -3.13. The highest BCUT2D eigenvalue weighted by atomic mass is 32.2. The van der Waals surface area contributed by atoms with Gasteiger partial charge in [-0.2, -0.15) is 0 Å². The van der Waals surface area contributed by atoms with Crippen LogP contribution in [0.4, 0.5) is 0 Å². The molecule has 29 heavy (non-hydrogen) atoms. The van der Waals surface area contributed by atoms with Gasteiger partial charge in [-0.05, 0) is 48.4 Å². The molecule has 2 aromatic rings. The number of sulfone groups is 1. The Morgan fingerprint density at radius 3 is 2.59 bits per heavy atom. The van der Waals surface area contributed by atoms with E-state index in [0.29, 0.717) is 36.6 Å². The minimum absolute atomic E-state index is 0.0107. The molecule has 6 nitrogen and oxygen atoms in total. The lowest BCUT2D eigenvalue weighted by molar-refractivity contribution is 0.0680. The van der Waals surface area contributed by atoms with Crippen LogP contribution in [0.5, 0.6) is 11.5 Å². The first kappa shape index (κ1) is 20.9. The molecule has 0 aromatic heterocycles. The summed E-state index contributed by atoms with van der Waals surface area (Å²) in [5, 5.41) is 0. The molecule has 1 amide bonds. The molecular weight excluding hydrogens is 390 g/mol. The smallest absolute Gasteiger partial charge is 0.254 e. The Morgan fingerprint density at radius 2 is 1.97 bits per heavy atom. The van der Waals surface area contributed by atoms with E-state index in [9.17, 15) is 13.2 Å². The second kappa shape index (κ2) is 9.13. The predicted molar refractivity (Wildman–Crippen MR) is 112 cm³/mol. The van der Waals surface area contributed by atoms with Gasteiger partial charge in [0.15, 0.2) is 9.84 Å². The highest BCUT2D eigenvalue weighted by molar-refractivity contribution is 7.91. The summed E-state index contributed by atoms with van der Waals surface area (Å²) >= 11 is 0. The third kappa shape index (κ3) is 5.38. The van der Waals surface area contributed by atoms with Crippen LogP contribution in [0.25, 0.3) is 0 Å². The van der Waals surface area contributed by atoms with Gasteiger partial charge in [0.2, 0.25) is 0 Å². The van der Waals surface area contributed by atoms with Crippen molar-refractivity contribution in [1.29, 1.82) is 0 Å². The average Bonchev–Trinajstić information content (AvgIpc) is 3.10. The number of carbonyl (C=O) groups is 1. The molecule has 0 unspecified atom stereocenters. The van der Waals surface area contributed by atoms with Gasteiger partial charge in [0.25, 0.3) is 5.91 Å². The van der Waals surface area contributed by atoms with Crippen molar-refractivity contribution in [2.75, 3.05) is 25.2 Å². The maximum atomic E-state index is 13.3. The molecule has 1 heterocycles. The monoisotopic (exact) mass is 415 g/mol. The van der Waals surface area contributed by atoms with Gasteiger partial charge in [-0.15, -0.1) is 0 Å². The first-order valence-corrected chi connectivity index (χ1v) is 11.2. The summed E-state index contributed by atoms with van der Waals surface area (Å²) in [5.74, 6) is 1.23. The molecule has 1 fully saturated rings. The fraction of sp³-hybridized carbons (Fsp3) is 0.318. The number of rotatable bonds is 8. The second-order valence-electron chi connectivity index (χ2n) is 6.97. The van der Waals surface area contributed by atoms with E-state index in [1.807, 2.05) is 24.3 Å². The average molecular weight is 416 g/mol. The predicted octanol–water partition coefficient (Wildman–Crippen LogP) is 3.09. The zero-order valence-corrected chi connectivity index (χ0v) is 17.2. The number of hydrogen-bond donors (Lipinski definition) is 0. The maximum absolute atomic E-state index is 13.3. The van der Waals surface area contributed by atoms with Crippen molar-refractivity contribution in [2.45, 2.75) is 19.0 Å². The van der Waals surface area contributed by atoms with Crippen LogP contribution in [0.1, 0.15) is 22.3 Å². The quantitative estimate of drug-likeness (QED) is 0.620. The highest BCUT2D eigenvalue weighted by Crippen LogP contribution is 2.24. The van der Waals surface area contributed by atoms with E-state index in [1.54, 1.807) is 42.4 Å². The molecule has 1 aliphatic rings. The second-order valence-corrected chi connectivity index (χ2v) is 9.19. The summed E-state index contributed by atoms with van der Waals surface area (Å²) in [4.78, 5) is 14.9. The summed E-state index contributed by atoms with van der Waals surface area (Å²) in [7, 11) is -1.54. The number of amides is 1. The fourth-order valence-electron chi connectivity index (χ4n) is 3.37. The van der Waals surface area contributed by atoms with Gasteiger partial charge in [-0.1, -0.05) is 24.8 Å². The maximum Gasteiger partial charge on any atom is 0.254 e. The van der Waals surface area contributed by atoms with Gasteiger partial charge >= 0.3 is 0 Å². The van der Waals surface area contributed by atoms with E-state index in [1.165, 1.54) is 0 Å². The molecule has 2 aromatic carbocycles. The Morgan fingerprint density at radius 1 is 1.21 bits per heavy atom. The molecule has 7 heteroatoms. The van der Waals surface area contributed by atoms with E-state index in [0.717, 1.165) is 5.56 Å². The van der Waals surface area contributed by atoms with E-state index < -0.39 is 9.84 Å². The third-order valence-electron chi connectivity index (χ3n) is 4.87. The molecule has 0 radical (unpaired) electrons. The Balaban J connectivity index is 1.85. The molecule has 0 bridgehead atoms. The van der Waals surface area contributed by atoms with Gasteiger partial charge in [-0.3, -0.25) is 4.79 Å². The summed E-state index contributed by atoms with van der Waals surface area (Å²) in [5.41, 5.74) is 1.37. The summed E-state index contributed by atoms with van der Waals surface area (Å²) < 4.78 is 34.8. The molecule has 154 valence electrons. The molecule has 0 spiro atoms. The fourth-order valence-corrected chi connectivity index (χ4v) is 5.10. The zero-order chi connectivity index (χ0) is 20.9. The number of benzene rings is 2. The highest BCUT2D eigenvalue weighted by Gasteiger charge is 2.35. The van der Waals surface area contributed by atoms with E-state index in [-0.39, 0.29) is 23.5 Å². The number of carbonyl (C=O) groups excluding carboxylic acids is 1. The molecule has 1 atom stereocenters. The normalized spacial score (nSPS) is 17.5. The van der Waals surface area contributed by atoms with Crippen molar-refractivity contribution in [3.8, 4) is 11.5 Å². The lowest BCUT2D eigenvalue weighted by atomic mass is 10.1. The van der Waals surface area contributed by atoms with Gasteiger partial charge in [-0.25, -0.2) is 8.42 Å². The molecule has 3 rings (SSSR count). The van der Waals surface area contributed by atoms with Crippen LogP contribution in [-0.4, -0.2) is 50.5 Å². The molecule has 1 saturated heterocycles. The lowest BCUT2D eigenvalue weighted by Gasteiger charge is -2.28. The van der Waals surface area contributed by atoms with Gasteiger partial charge in [0.1, 0.15) is 18.1 Å². The topological polar surface area (TPSA) is 72.9 Å². The molecule has 0 aliphatic carbocycles. The van der Waals surface area contributed by atoms with Crippen LogP contribution in [-0.2, 0) is 16.4 Å². The van der Waals surface area contributed by atoms with Crippen molar-refractivity contribution in [2.24, 2.45) is 0 Å². The van der Waals surface area contributed by atoms with Crippen molar-refractivity contribution in [3.63, 3.8) is 0 Å². The number of nitrogens with zero attached hydrogens (tertiary/aromatic N) is 1. The number of methoxy groups -OCH3 is 1. The van der Waals surface area contributed by atoms with Gasteiger partial charge in [0, 0.05) is 18.2 Å². The standard InChI is InChI=1S/C22H25NO5S/c1-3-12-28-20-9-7-18(8-10-20)22(24)23(19-11-13-29(25,26)16-19)15-17-5-4-6-21(14-17)27-2/h3-10,14,19H,1,11-13,15-16H2,2H3/t19-/m1/s1. The summed E-state index contributed by atoms with van der Waals surface area (Å²) in [6, 6.07) is 13.9. The van der Waals surface area contributed by atoms with Crippen LogP contribution in [0.15, 0.2) is 61.2 Å². The molecule has 0 N–H and O–H groups in total. The molecular formula is C22H25NO5S. The van der Waals surface area contributed by atoms with Crippen LogP contribution in [0.2, 0.25) is 0 Å². The van der Waals surface area contributed by atoms with E-state index in [4.69, 9.17) is 9.47 Å². The van der Waals surface area contributed by atoms with Gasteiger partial charge in [0.05, 0.1) is 18.6 Å². The van der Waals surface area contributed by atoms with Crippen LogP contribution >= 0.6 is 0 Å². The molecule has 0 saturated carbocycles. The van der Waals surface area contributed by atoms with Crippen LogP contribution < -0.4 is 9.47 Å². The Hall–Kier alpha value is -2.80.